The third kappa shape index (κ3) is 4.00. The van der Waals surface area contributed by atoms with Crippen molar-refractivity contribution in [3.8, 4) is 0 Å². The molecule has 0 unspecified atom stereocenters. The summed E-state index contributed by atoms with van der Waals surface area (Å²) in [4.78, 5) is 4.84. The van der Waals surface area contributed by atoms with E-state index in [1.54, 1.807) is 11.7 Å². The standard InChI is InChI=1S/C12H10F4N2S/c13-10-2-8(1-9(3-10)12(14,15)16)4-17-5-11-6-18-7-19-11/h1-3,6-7,17H,4-5H2. The fourth-order valence-electron chi connectivity index (χ4n) is 1.58. The molecular weight excluding hydrogens is 280 g/mol. The number of nitrogens with one attached hydrogen (secondary N) is 1. The van der Waals surface area contributed by atoms with Crippen molar-refractivity contribution in [1.29, 1.82) is 0 Å². The molecule has 0 aliphatic rings. The molecule has 1 heterocycles. The molecule has 2 rings (SSSR count). The Morgan fingerprint density at radius 3 is 2.58 bits per heavy atom. The molecule has 0 spiro atoms. The molecule has 0 amide bonds. The average molecular weight is 290 g/mol. The first-order valence-electron chi connectivity index (χ1n) is 5.40. The van der Waals surface area contributed by atoms with Crippen LogP contribution < -0.4 is 5.32 Å². The molecule has 102 valence electrons. The van der Waals surface area contributed by atoms with E-state index in [1.165, 1.54) is 11.3 Å². The molecule has 1 N–H and O–H groups in total. The second-order valence-corrected chi connectivity index (χ2v) is 4.89. The minimum atomic E-state index is -4.53. The van der Waals surface area contributed by atoms with Crippen molar-refractivity contribution in [2.45, 2.75) is 19.3 Å². The van der Waals surface area contributed by atoms with E-state index in [1.807, 2.05) is 0 Å². The summed E-state index contributed by atoms with van der Waals surface area (Å²) >= 11 is 1.44. The zero-order valence-electron chi connectivity index (χ0n) is 9.67. The van der Waals surface area contributed by atoms with Crippen molar-refractivity contribution in [3.63, 3.8) is 0 Å². The Morgan fingerprint density at radius 2 is 1.95 bits per heavy atom. The van der Waals surface area contributed by atoms with Crippen LogP contribution in [0.4, 0.5) is 17.6 Å². The van der Waals surface area contributed by atoms with E-state index in [0.29, 0.717) is 12.6 Å². The summed E-state index contributed by atoms with van der Waals surface area (Å²) in [5, 5.41) is 2.95. The zero-order chi connectivity index (χ0) is 13.9. The fraction of sp³-hybridized carbons (Fsp3) is 0.250. The summed E-state index contributed by atoms with van der Waals surface area (Å²) in [6.07, 6.45) is -2.86. The van der Waals surface area contributed by atoms with Crippen molar-refractivity contribution in [3.05, 3.63) is 51.7 Å². The summed E-state index contributed by atoms with van der Waals surface area (Å²) in [7, 11) is 0. The van der Waals surface area contributed by atoms with Crippen LogP contribution in [0.1, 0.15) is 16.0 Å². The molecule has 0 radical (unpaired) electrons. The van der Waals surface area contributed by atoms with Gasteiger partial charge in [-0.05, 0) is 23.8 Å². The van der Waals surface area contributed by atoms with Gasteiger partial charge in [-0.3, -0.25) is 4.98 Å². The van der Waals surface area contributed by atoms with Gasteiger partial charge in [0.15, 0.2) is 0 Å². The Kier molecular flexibility index (Phi) is 4.16. The van der Waals surface area contributed by atoms with Crippen LogP contribution >= 0.6 is 11.3 Å². The molecule has 0 fully saturated rings. The molecule has 2 nitrogen and oxygen atoms in total. The molecule has 0 aliphatic heterocycles. The van der Waals surface area contributed by atoms with Gasteiger partial charge in [-0.1, -0.05) is 0 Å². The van der Waals surface area contributed by atoms with E-state index < -0.39 is 17.6 Å². The Hall–Kier alpha value is -1.47. The van der Waals surface area contributed by atoms with Crippen LogP contribution in [0.15, 0.2) is 29.9 Å². The van der Waals surface area contributed by atoms with Gasteiger partial charge in [0, 0.05) is 24.2 Å². The summed E-state index contributed by atoms with van der Waals surface area (Å²) < 4.78 is 50.6. The van der Waals surface area contributed by atoms with Gasteiger partial charge in [0.1, 0.15) is 5.82 Å². The van der Waals surface area contributed by atoms with Gasteiger partial charge in [-0.25, -0.2) is 4.39 Å². The summed E-state index contributed by atoms with van der Waals surface area (Å²) in [5.74, 6) is -0.885. The number of rotatable bonds is 4. The Bertz CT molecular complexity index is 537. The summed E-state index contributed by atoms with van der Waals surface area (Å²) in [5.41, 5.74) is 0.958. The zero-order valence-corrected chi connectivity index (χ0v) is 10.5. The number of hydrogen-bond donors (Lipinski definition) is 1. The van der Waals surface area contributed by atoms with Gasteiger partial charge in [0.2, 0.25) is 0 Å². The third-order valence-corrected chi connectivity index (χ3v) is 3.18. The van der Waals surface area contributed by atoms with E-state index in [2.05, 4.69) is 10.3 Å². The predicted molar refractivity (Wildman–Crippen MR) is 64.1 cm³/mol. The van der Waals surface area contributed by atoms with E-state index in [-0.39, 0.29) is 12.1 Å². The summed E-state index contributed by atoms with van der Waals surface area (Å²) in [6, 6.07) is 2.53. The average Bonchev–Trinajstić information content (AvgIpc) is 2.80. The highest BCUT2D eigenvalue weighted by Gasteiger charge is 2.31. The number of benzene rings is 1. The topological polar surface area (TPSA) is 24.9 Å². The van der Waals surface area contributed by atoms with Gasteiger partial charge in [-0.2, -0.15) is 13.2 Å². The van der Waals surface area contributed by atoms with Gasteiger partial charge in [0.25, 0.3) is 0 Å². The SMILES string of the molecule is Fc1cc(CNCc2cncs2)cc(C(F)(F)F)c1. The Morgan fingerprint density at radius 1 is 1.16 bits per heavy atom. The lowest BCUT2D eigenvalue weighted by atomic mass is 10.1. The first-order valence-corrected chi connectivity index (χ1v) is 6.28. The summed E-state index contributed by atoms with van der Waals surface area (Å²) in [6.45, 7) is 0.654. The highest BCUT2D eigenvalue weighted by molar-refractivity contribution is 7.09. The molecular formula is C12H10F4N2S. The van der Waals surface area contributed by atoms with Crippen molar-refractivity contribution < 1.29 is 17.6 Å². The van der Waals surface area contributed by atoms with Crippen LogP contribution in [-0.4, -0.2) is 4.98 Å². The first-order chi connectivity index (χ1) is 8.95. The molecule has 0 saturated carbocycles. The van der Waals surface area contributed by atoms with E-state index >= 15 is 0 Å². The highest BCUT2D eigenvalue weighted by atomic mass is 32.1. The van der Waals surface area contributed by atoms with Gasteiger partial charge >= 0.3 is 6.18 Å². The van der Waals surface area contributed by atoms with E-state index in [4.69, 9.17) is 0 Å². The maximum absolute atomic E-state index is 13.1. The lowest BCUT2D eigenvalue weighted by molar-refractivity contribution is -0.137. The van der Waals surface area contributed by atoms with E-state index in [9.17, 15) is 17.6 Å². The monoisotopic (exact) mass is 290 g/mol. The molecule has 2 aromatic rings. The van der Waals surface area contributed by atoms with Gasteiger partial charge in [-0.15, -0.1) is 11.3 Å². The van der Waals surface area contributed by atoms with Crippen LogP contribution in [0.25, 0.3) is 0 Å². The van der Waals surface area contributed by atoms with Crippen LogP contribution in [0.2, 0.25) is 0 Å². The van der Waals surface area contributed by atoms with Crippen molar-refractivity contribution in [2.75, 3.05) is 0 Å². The molecule has 0 saturated heterocycles. The van der Waals surface area contributed by atoms with Crippen LogP contribution in [-0.2, 0) is 19.3 Å². The maximum atomic E-state index is 13.1. The molecule has 0 aliphatic carbocycles. The molecule has 7 heteroatoms. The molecule has 0 bridgehead atoms. The second kappa shape index (κ2) is 5.66. The molecule has 1 aromatic heterocycles. The smallest absolute Gasteiger partial charge is 0.308 e. The van der Waals surface area contributed by atoms with Crippen molar-refractivity contribution >= 4 is 11.3 Å². The first kappa shape index (κ1) is 14.0. The van der Waals surface area contributed by atoms with Crippen molar-refractivity contribution in [2.24, 2.45) is 0 Å². The number of thiazole rings is 1. The number of alkyl halides is 3. The van der Waals surface area contributed by atoms with Crippen LogP contribution in [0.3, 0.4) is 0 Å². The maximum Gasteiger partial charge on any atom is 0.416 e. The third-order valence-electron chi connectivity index (χ3n) is 2.40. The highest BCUT2D eigenvalue weighted by Crippen LogP contribution is 2.30. The number of aromatic nitrogens is 1. The Balaban J connectivity index is 2.02. The Labute approximate surface area is 111 Å². The largest absolute Gasteiger partial charge is 0.416 e. The van der Waals surface area contributed by atoms with Crippen molar-refractivity contribution in [1.82, 2.24) is 10.3 Å². The molecule has 1 aromatic carbocycles. The number of hydrogen-bond acceptors (Lipinski definition) is 3. The minimum absolute atomic E-state index is 0.165. The normalized spacial score (nSPS) is 11.8. The lowest BCUT2D eigenvalue weighted by Crippen LogP contribution is -2.13. The molecule has 0 atom stereocenters. The van der Waals surface area contributed by atoms with Gasteiger partial charge < -0.3 is 5.32 Å². The van der Waals surface area contributed by atoms with Crippen LogP contribution in [0.5, 0.6) is 0 Å². The predicted octanol–water partition coefficient (Wildman–Crippen LogP) is 3.59. The fourth-order valence-corrected chi connectivity index (χ4v) is 2.14. The van der Waals surface area contributed by atoms with E-state index in [0.717, 1.165) is 17.0 Å². The minimum Gasteiger partial charge on any atom is -0.308 e. The van der Waals surface area contributed by atoms with Gasteiger partial charge in [0.05, 0.1) is 11.1 Å². The number of halogens is 4. The number of nitrogens with zero attached hydrogens (tertiary/aromatic N) is 1. The molecule has 19 heavy (non-hydrogen) atoms. The second-order valence-electron chi connectivity index (χ2n) is 3.92. The quantitative estimate of drug-likeness (QED) is 0.870. The lowest BCUT2D eigenvalue weighted by Gasteiger charge is -2.10. The van der Waals surface area contributed by atoms with Crippen LogP contribution in [0, 0.1) is 5.82 Å².